The van der Waals surface area contributed by atoms with Crippen molar-refractivity contribution in [1.29, 1.82) is 0 Å². The molecule has 0 aromatic rings. The first-order chi connectivity index (χ1) is 3.80. The molecular weight excluding hydrogens is 124 g/mol. The molecule has 1 N–H and O–H groups in total. The van der Waals surface area contributed by atoms with Crippen molar-refractivity contribution < 1.29 is 4.79 Å². The summed E-state index contributed by atoms with van der Waals surface area (Å²) in [6.07, 6.45) is 3.54. The van der Waals surface area contributed by atoms with Crippen LogP contribution in [0.1, 0.15) is 0 Å². The first-order valence-electron chi connectivity index (χ1n) is 2.22. The first-order valence-corrected chi connectivity index (χ1v) is 2.67. The maximum atomic E-state index is 10.3. The van der Waals surface area contributed by atoms with Gasteiger partial charge < -0.3 is 5.43 Å². The van der Waals surface area contributed by atoms with E-state index in [-0.39, 0.29) is 5.24 Å². The molecule has 3 nitrogen and oxygen atoms in total. The van der Waals surface area contributed by atoms with Gasteiger partial charge >= 0.3 is 0 Å². The zero-order chi connectivity index (χ0) is 5.98. The molecule has 0 aromatic heterocycles. The molecule has 0 bridgehead atoms. The number of thiol groups is 1. The fraction of sp³-hybridized carbons (Fsp3) is 0.250. The van der Waals surface area contributed by atoms with Crippen LogP contribution in [0.25, 0.3) is 0 Å². The van der Waals surface area contributed by atoms with E-state index in [9.17, 15) is 4.79 Å². The lowest BCUT2D eigenvalue weighted by Gasteiger charge is -2.10. The molecule has 0 saturated heterocycles. The molecule has 0 fully saturated rings. The Bertz CT molecular complexity index is 126. The smallest absolute Gasteiger partial charge is 0.297 e. The average molecular weight is 130 g/mol. The summed E-state index contributed by atoms with van der Waals surface area (Å²) in [6.45, 7) is 0.613. The molecule has 1 heterocycles. The molecule has 0 spiro atoms. The fourth-order valence-corrected chi connectivity index (χ4v) is 0.626. The number of carbonyl (C=O) groups is 1. The van der Waals surface area contributed by atoms with Crippen LogP contribution >= 0.6 is 12.6 Å². The van der Waals surface area contributed by atoms with Crippen LogP contribution in [0.2, 0.25) is 0 Å². The molecule has 8 heavy (non-hydrogen) atoms. The quantitative estimate of drug-likeness (QED) is 0.464. The highest BCUT2D eigenvalue weighted by Gasteiger charge is 2.07. The van der Waals surface area contributed by atoms with Crippen molar-refractivity contribution in [2.24, 2.45) is 0 Å². The van der Waals surface area contributed by atoms with Gasteiger partial charge in [0.05, 0.1) is 6.54 Å². The Morgan fingerprint density at radius 1 is 1.88 bits per heavy atom. The summed E-state index contributed by atoms with van der Waals surface area (Å²) in [5, 5.41) is 1.14. The monoisotopic (exact) mass is 130 g/mol. The Kier molecular flexibility index (Phi) is 1.43. The molecule has 0 aromatic carbocycles. The lowest BCUT2D eigenvalue weighted by atomic mass is 10.6. The van der Waals surface area contributed by atoms with Gasteiger partial charge in [0.15, 0.2) is 0 Å². The summed E-state index contributed by atoms with van der Waals surface area (Å²) in [6, 6.07) is 0. The van der Waals surface area contributed by atoms with E-state index in [0.717, 1.165) is 0 Å². The molecule has 1 amide bonds. The Labute approximate surface area is 52.7 Å². The van der Waals surface area contributed by atoms with Crippen molar-refractivity contribution in [3.63, 3.8) is 0 Å². The number of nitrogens with one attached hydrogen (secondary N) is 1. The topological polar surface area (TPSA) is 32.3 Å². The van der Waals surface area contributed by atoms with Gasteiger partial charge in [-0.1, -0.05) is 12.6 Å². The van der Waals surface area contributed by atoms with Crippen molar-refractivity contribution in [2.75, 3.05) is 6.54 Å². The van der Waals surface area contributed by atoms with Crippen molar-refractivity contribution in [3.05, 3.63) is 12.3 Å². The second kappa shape index (κ2) is 2.09. The van der Waals surface area contributed by atoms with E-state index in [2.05, 4.69) is 18.1 Å². The van der Waals surface area contributed by atoms with Gasteiger partial charge in [0.25, 0.3) is 5.24 Å². The van der Waals surface area contributed by atoms with E-state index in [0.29, 0.717) is 6.54 Å². The average Bonchev–Trinajstić information content (AvgIpc) is 2.12. The maximum Gasteiger partial charge on any atom is 0.297 e. The van der Waals surface area contributed by atoms with Crippen LogP contribution < -0.4 is 5.43 Å². The highest BCUT2D eigenvalue weighted by molar-refractivity contribution is 7.96. The molecule has 0 atom stereocenters. The molecule has 0 saturated carbocycles. The lowest BCUT2D eigenvalue weighted by Crippen LogP contribution is -2.31. The van der Waals surface area contributed by atoms with Crippen molar-refractivity contribution in [3.8, 4) is 0 Å². The number of rotatable bonds is 0. The molecule has 4 heteroatoms. The van der Waals surface area contributed by atoms with Gasteiger partial charge in [-0.25, -0.2) is 5.01 Å². The largest absolute Gasteiger partial charge is 0.303 e. The second-order valence-electron chi connectivity index (χ2n) is 1.42. The van der Waals surface area contributed by atoms with Gasteiger partial charge in [-0.3, -0.25) is 4.79 Å². The second-order valence-corrected chi connectivity index (χ2v) is 1.81. The van der Waals surface area contributed by atoms with Gasteiger partial charge in [-0.2, -0.15) is 0 Å². The zero-order valence-electron chi connectivity index (χ0n) is 4.16. The van der Waals surface area contributed by atoms with Crippen molar-refractivity contribution >= 4 is 17.9 Å². The molecule has 44 valence electrons. The van der Waals surface area contributed by atoms with Crippen LogP contribution in [0.4, 0.5) is 4.79 Å². The number of amides is 1. The summed E-state index contributed by atoms with van der Waals surface area (Å²) in [7, 11) is 0. The molecule has 0 aliphatic carbocycles. The Balaban J connectivity index is 2.41. The minimum Gasteiger partial charge on any atom is -0.303 e. The fourth-order valence-electron chi connectivity index (χ4n) is 0.487. The van der Waals surface area contributed by atoms with Crippen LogP contribution in [-0.2, 0) is 0 Å². The predicted octanol–water partition coefficient (Wildman–Crippen LogP) is 0.370. The van der Waals surface area contributed by atoms with E-state index in [1.165, 1.54) is 5.01 Å². The predicted molar refractivity (Wildman–Crippen MR) is 33.4 cm³/mol. The van der Waals surface area contributed by atoms with E-state index in [1.54, 1.807) is 6.20 Å². The van der Waals surface area contributed by atoms with E-state index < -0.39 is 0 Å². The van der Waals surface area contributed by atoms with Crippen LogP contribution in [0.5, 0.6) is 0 Å². The third kappa shape index (κ3) is 0.949. The summed E-state index contributed by atoms with van der Waals surface area (Å²) >= 11 is 3.58. The van der Waals surface area contributed by atoms with Crippen LogP contribution in [-0.4, -0.2) is 16.8 Å². The van der Waals surface area contributed by atoms with Gasteiger partial charge in [0.1, 0.15) is 0 Å². The third-order valence-electron chi connectivity index (χ3n) is 0.867. The van der Waals surface area contributed by atoms with Crippen LogP contribution in [0, 0.1) is 0 Å². The molecule has 1 aliphatic rings. The highest BCUT2D eigenvalue weighted by Crippen LogP contribution is 1.95. The minimum absolute atomic E-state index is 0.255. The van der Waals surface area contributed by atoms with Gasteiger partial charge in [-0.15, -0.1) is 0 Å². The Hall–Kier alpha value is -0.640. The number of hydrazine groups is 1. The standard InChI is InChI=1S/C4H6N2OS/c7-4(8)6-3-1-2-5-6/h1-2,5H,3H2,(H,7,8). The summed E-state index contributed by atoms with van der Waals surface area (Å²) in [4.78, 5) is 10.3. The van der Waals surface area contributed by atoms with Gasteiger partial charge in [-0.05, 0) is 6.08 Å². The van der Waals surface area contributed by atoms with Crippen molar-refractivity contribution in [1.82, 2.24) is 10.4 Å². The third-order valence-corrected chi connectivity index (χ3v) is 1.11. The normalized spacial score (nSPS) is 16.4. The SMILES string of the molecule is O=C(S)N1CC=CN1. The minimum atomic E-state index is -0.255. The summed E-state index contributed by atoms with van der Waals surface area (Å²) < 4.78 is 0. The highest BCUT2D eigenvalue weighted by atomic mass is 32.1. The number of nitrogens with zero attached hydrogens (tertiary/aromatic N) is 1. The van der Waals surface area contributed by atoms with Gasteiger partial charge in [0.2, 0.25) is 0 Å². The molecule has 1 aliphatic heterocycles. The van der Waals surface area contributed by atoms with Crippen LogP contribution in [0.15, 0.2) is 12.3 Å². The molecule has 0 radical (unpaired) electrons. The molecule has 1 rings (SSSR count). The molecule has 0 unspecified atom stereocenters. The van der Waals surface area contributed by atoms with Crippen LogP contribution in [0.3, 0.4) is 0 Å². The Morgan fingerprint density at radius 3 is 2.88 bits per heavy atom. The van der Waals surface area contributed by atoms with E-state index in [1.807, 2.05) is 6.08 Å². The van der Waals surface area contributed by atoms with Crippen molar-refractivity contribution in [2.45, 2.75) is 0 Å². The van der Waals surface area contributed by atoms with E-state index >= 15 is 0 Å². The number of hydrogen-bond acceptors (Lipinski definition) is 2. The number of carbonyl (C=O) groups excluding carboxylic acids is 1. The zero-order valence-corrected chi connectivity index (χ0v) is 5.06. The summed E-state index contributed by atoms with van der Waals surface area (Å²) in [5.41, 5.74) is 2.68. The number of hydrogen-bond donors (Lipinski definition) is 2. The maximum absolute atomic E-state index is 10.3. The van der Waals surface area contributed by atoms with E-state index in [4.69, 9.17) is 0 Å². The molecular formula is C4H6N2OS. The first kappa shape index (κ1) is 5.50. The van der Waals surface area contributed by atoms with Gasteiger partial charge in [0, 0.05) is 6.20 Å². The summed E-state index contributed by atoms with van der Waals surface area (Å²) in [5.74, 6) is 0. The Morgan fingerprint density at radius 2 is 2.62 bits per heavy atom. The lowest BCUT2D eigenvalue weighted by molar-refractivity contribution is 0.221.